The Kier molecular flexibility index (Phi) is 3.43. The monoisotopic (exact) mass is 225 g/mol. The van der Waals surface area contributed by atoms with Gasteiger partial charge in [0.25, 0.3) is 0 Å². The van der Waals surface area contributed by atoms with Gasteiger partial charge in [-0.1, -0.05) is 0 Å². The van der Waals surface area contributed by atoms with Crippen molar-refractivity contribution in [1.82, 2.24) is 10.6 Å². The van der Waals surface area contributed by atoms with E-state index in [9.17, 15) is 18.0 Å². The van der Waals surface area contributed by atoms with Gasteiger partial charge in [-0.05, 0) is 19.3 Å². The number of halogens is 3. The number of alkyl halides is 3. The maximum atomic E-state index is 11.8. The lowest BCUT2D eigenvalue weighted by molar-refractivity contribution is -0.122. The average molecular weight is 225 g/mol. The highest BCUT2D eigenvalue weighted by atomic mass is 19.4. The van der Waals surface area contributed by atoms with Crippen molar-refractivity contribution >= 4 is 6.03 Å². The third kappa shape index (κ3) is 3.58. The molecule has 0 saturated heterocycles. The van der Waals surface area contributed by atoms with Crippen LogP contribution in [0.5, 0.6) is 0 Å². The molecular weight excluding hydrogens is 211 g/mol. The molecule has 1 saturated carbocycles. The summed E-state index contributed by atoms with van der Waals surface area (Å²) in [7, 11) is 0. The van der Waals surface area contributed by atoms with Crippen molar-refractivity contribution in [2.24, 2.45) is 5.73 Å². The van der Waals surface area contributed by atoms with E-state index in [4.69, 9.17) is 5.73 Å². The van der Waals surface area contributed by atoms with Crippen LogP contribution in [0.15, 0.2) is 0 Å². The largest absolute Gasteiger partial charge is 0.405 e. The maximum absolute atomic E-state index is 11.8. The number of amides is 2. The van der Waals surface area contributed by atoms with E-state index in [1.807, 2.05) is 0 Å². The number of carbonyl (C=O) groups excluding carboxylic acids is 1. The van der Waals surface area contributed by atoms with Crippen molar-refractivity contribution in [1.29, 1.82) is 0 Å². The van der Waals surface area contributed by atoms with Crippen molar-refractivity contribution in [2.45, 2.75) is 31.0 Å². The quantitative estimate of drug-likeness (QED) is 0.662. The fourth-order valence-electron chi connectivity index (χ4n) is 1.45. The topological polar surface area (TPSA) is 67.1 Å². The lowest BCUT2D eigenvalue weighted by atomic mass is 9.77. The Hall–Kier alpha value is -0.980. The fraction of sp³-hybridized carbons (Fsp3) is 0.875. The first-order chi connectivity index (χ1) is 6.87. The van der Waals surface area contributed by atoms with Crippen LogP contribution >= 0.6 is 0 Å². The molecule has 15 heavy (non-hydrogen) atoms. The minimum Gasteiger partial charge on any atom is -0.331 e. The summed E-state index contributed by atoms with van der Waals surface area (Å²) in [5, 5.41) is 4.23. The van der Waals surface area contributed by atoms with Crippen molar-refractivity contribution in [3.63, 3.8) is 0 Å². The highest BCUT2D eigenvalue weighted by Gasteiger charge is 2.37. The van der Waals surface area contributed by atoms with Crippen LogP contribution in [0, 0.1) is 0 Å². The number of rotatable bonds is 3. The normalized spacial score (nSPS) is 19.2. The molecule has 0 radical (unpaired) electrons. The molecule has 1 aliphatic carbocycles. The van der Waals surface area contributed by atoms with Crippen LogP contribution in [-0.4, -0.2) is 30.8 Å². The van der Waals surface area contributed by atoms with Crippen molar-refractivity contribution in [2.75, 3.05) is 13.1 Å². The summed E-state index contributed by atoms with van der Waals surface area (Å²) in [5.74, 6) is 0. The summed E-state index contributed by atoms with van der Waals surface area (Å²) in [6, 6.07) is -0.808. The molecule has 1 aliphatic rings. The van der Waals surface area contributed by atoms with E-state index in [0.29, 0.717) is 0 Å². The van der Waals surface area contributed by atoms with Crippen LogP contribution < -0.4 is 16.4 Å². The molecule has 0 spiro atoms. The molecule has 0 aromatic rings. The number of hydrogen-bond acceptors (Lipinski definition) is 2. The Morgan fingerprint density at radius 2 is 2.00 bits per heavy atom. The van der Waals surface area contributed by atoms with Crippen molar-refractivity contribution in [3.8, 4) is 0 Å². The van der Waals surface area contributed by atoms with Gasteiger partial charge in [-0.2, -0.15) is 13.2 Å². The molecule has 2 amide bonds. The van der Waals surface area contributed by atoms with Crippen molar-refractivity contribution in [3.05, 3.63) is 0 Å². The Balaban J connectivity index is 2.29. The van der Waals surface area contributed by atoms with Crippen LogP contribution in [0.2, 0.25) is 0 Å². The van der Waals surface area contributed by atoms with Gasteiger partial charge in [-0.25, -0.2) is 4.79 Å². The second kappa shape index (κ2) is 4.26. The second-order valence-electron chi connectivity index (χ2n) is 3.76. The number of carbonyl (C=O) groups is 1. The van der Waals surface area contributed by atoms with Gasteiger partial charge in [0.05, 0.1) is 5.54 Å². The molecule has 7 heteroatoms. The molecule has 88 valence electrons. The molecular formula is C8H14F3N3O. The van der Waals surface area contributed by atoms with Crippen molar-refractivity contribution < 1.29 is 18.0 Å². The number of nitrogens with two attached hydrogens (primary N) is 1. The first-order valence-electron chi connectivity index (χ1n) is 4.70. The molecule has 0 atom stereocenters. The minimum atomic E-state index is -4.38. The summed E-state index contributed by atoms with van der Waals surface area (Å²) < 4.78 is 35.3. The van der Waals surface area contributed by atoms with Gasteiger partial charge in [0.15, 0.2) is 0 Å². The predicted molar refractivity (Wildman–Crippen MR) is 48.2 cm³/mol. The Labute approximate surface area is 85.4 Å². The molecule has 4 nitrogen and oxygen atoms in total. The molecule has 0 heterocycles. The molecule has 1 fully saturated rings. The Morgan fingerprint density at radius 3 is 2.33 bits per heavy atom. The maximum Gasteiger partial charge on any atom is 0.405 e. The summed E-state index contributed by atoms with van der Waals surface area (Å²) in [5.41, 5.74) is 4.94. The zero-order valence-electron chi connectivity index (χ0n) is 8.16. The number of hydrogen-bond donors (Lipinski definition) is 3. The Bertz CT molecular complexity index is 232. The zero-order valence-corrected chi connectivity index (χ0v) is 8.16. The molecule has 0 aliphatic heterocycles. The first kappa shape index (κ1) is 12.1. The van der Waals surface area contributed by atoms with Crippen LogP contribution in [0.3, 0.4) is 0 Å². The zero-order chi connectivity index (χ0) is 11.5. The van der Waals surface area contributed by atoms with Gasteiger partial charge in [0, 0.05) is 6.54 Å². The summed E-state index contributed by atoms with van der Waals surface area (Å²) in [6.45, 7) is -1.06. The van der Waals surface area contributed by atoms with Crippen LogP contribution in [0.1, 0.15) is 19.3 Å². The third-order valence-corrected chi connectivity index (χ3v) is 2.53. The lowest BCUT2D eigenvalue weighted by Gasteiger charge is -2.41. The third-order valence-electron chi connectivity index (χ3n) is 2.53. The molecule has 1 rings (SSSR count). The molecule has 4 N–H and O–H groups in total. The molecule has 0 aromatic carbocycles. The van der Waals surface area contributed by atoms with Gasteiger partial charge < -0.3 is 16.4 Å². The highest BCUT2D eigenvalue weighted by Crippen LogP contribution is 2.30. The smallest absolute Gasteiger partial charge is 0.331 e. The van der Waals surface area contributed by atoms with E-state index in [1.165, 1.54) is 0 Å². The average Bonchev–Trinajstić information content (AvgIpc) is 2.07. The SMILES string of the molecule is NCC1(NC(=O)NCC(F)(F)F)CCC1. The molecule has 0 bridgehead atoms. The highest BCUT2D eigenvalue weighted by molar-refractivity contribution is 5.75. The number of urea groups is 1. The summed E-state index contributed by atoms with van der Waals surface area (Å²) in [6.07, 6.45) is -1.99. The van der Waals surface area contributed by atoms with Crippen LogP contribution in [0.25, 0.3) is 0 Å². The lowest BCUT2D eigenvalue weighted by Crippen LogP contribution is -2.60. The van der Waals surface area contributed by atoms with E-state index >= 15 is 0 Å². The van der Waals surface area contributed by atoms with E-state index in [1.54, 1.807) is 5.32 Å². The minimum absolute atomic E-state index is 0.256. The summed E-state index contributed by atoms with van der Waals surface area (Å²) in [4.78, 5) is 11.1. The van der Waals surface area contributed by atoms with Crippen LogP contribution in [0.4, 0.5) is 18.0 Å². The molecule has 0 unspecified atom stereocenters. The van der Waals surface area contributed by atoms with Gasteiger partial charge in [-0.15, -0.1) is 0 Å². The standard InChI is InChI=1S/C8H14F3N3O/c9-8(10,11)5-13-6(15)14-7(4-12)2-1-3-7/h1-5,12H2,(H2,13,14,15). The second-order valence-corrected chi connectivity index (χ2v) is 3.76. The van der Waals surface area contributed by atoms with Gasteiger partial charge >= 0.3 is 12.2 Å². The van der Waals surface area contributed by atoms with E-state index in [2.05, 4.69) is 5.32 Å². The fourth-order valence-corrected chi connectivity index (χ4v) is 1.45. The first-order valence-corrected chi connectivity index (χ1v) is 4.70. The Morgan fingerprint density at radius 1 is 1.40 bits per heavy atom. The number of nitrogens with one attached hydrogen (secondary N) is 2. The van der Waals surface area contributed by atoms with Gasteiger partial charge in [-0.3, -0.25) is 0 Å². The van der Waals surface area contributed by atoms with Gasteiger partial charge in [0.1, 0.15) is 6.54 Å². The van der Waals surface area contributed by atoms with Crippen LogP contribution in [-0.2, 0) is 0 Å². The molecule has 0 aromatic heterocycles. The predicted octanol–water partition coefficient (Wildman–Crippen LogP) is 0.729. The van der Waals surface area contributed by atoms with E-state index in [0.717, 1.165) is 19.3 Å². The van der Waals surface area contributed by atoms with E-state index in [-0.39, 0.29) is 6.54 Å². The van der Waals surface area contributed by atoms with Gasteiger partial charge in [0.2, 0.25) is 0 Å². The van der Waals surface area contributed by atoms with E-state index < -0.39 is 24.3 Å². The summed E-state index contributed by atoms with van der Waals surface area (Å²) >= 11 is 0.